The minimum Gasteiger partial charge on any atom is -0.356 e. The first-order valence-electron chi connectivity index (χ1n) is 5.60. The summed E-state index contributed by atoms with van der Waals surface area (Å²) >= 11 is 0. The van der Waals surface area contributed by atoms with E-state index in [1.807, 2.05) is 25.1 Å². The monoisotopic (exact) mass is 293 g/mol. The fraction of sp³-hybridized carbons (Fsp3) is 0.500. The van der Waals surface area contributed by atoms with Crippen molar-refractivity contribution >= 4 is 30.7 Å². The summed E-state index contributed by atoms with van der Waals surface area (Å²) in [4.78, 5) is 15.6. The van der Waals surface area contributed by atoms with E-state index in [9.17, 15) is 4.79 Å². The number of aromatic nitrogens is 1. The van der Waals surface area contributed by atoms with Crippen LogP contribution in [-0.4, -0.2) is 23.5 Å². The molecule has 1 amide bonds. The number of carbonyl (C=O) groups is 1. The second kappa shape index (κ2) is 11.3. The van der Waals surface area contributed by atoms with E-state index in [1.165, 1.54) is 0 Å². The average Bonchev–Trinajstić information content (AvgIpc) is 2.27. The van der Waals surface area contributed by atoms with Crippen LogP contribution in [0.15, 0.2) is 24.4 Å². The van der Waals surface area contributed by atoms with Gasteiger partial charge in [-0.1, -0.05) is 6.07 Å². The molecule has 4 nitrogen and oxygen atoms in total. The lowest BCUT2D eigenvalue weighted by Gasteiger charge is -2.06. The van der Waals surface area contributed by atoms with Crippen molar-refractivity contribution in [2.24, 2.45) is 5.73 Å². The largest absolute Gasteiger partial charge is 0.356 e. The quantitative estimate of drug-likeness (QED) is 0.839. The zero-order valence-corrected chi connectivity index (χ0v) is 12.1. The van der Waals surface area contributed by atoms with Gasteiger partial charge >= 0.3 is 0 Å². The van der Waals surface area contributed by atoms with Gasteiger partial charge in [0.15, 0.2) is 0 Å². The van der Waals surface area contributed by atoms with Crippen LogP contribution in [0.5, 0.6) is 0 Å². The summed E-state index contributed by atoms with van der Waals surface area (Å²) in [7, 11) is 0. The van der Waals surface area contributed by atoms with Crippen molar-refractivity contribution in [2.75, 3.05) is 6.54 Å². The molecule has 0 aromatic carbocycles. The molecule has 0 aliphatic heterocycles. The van der Waals surface area contributed by atoms with Gasteiger partial charge in [-0.3, -0.25) is 9.78 Å². The Morgan fingerprint density at radius 3 is 2.72 bits per heavy atom. The van der Waals surface area contributed by atoms with Crippen molar-refractivity contribution in [3.05, 3.63) is 30.1 Å². The minimum absolute atomic E-state index is 0. The molecule has 6 heteroatoms. The Labute approximate surface area is 121 Å². The Bertz CT molecular complexity index is 320. The van der Waals surface area contributed by atoms with Crippen LogP contribution in [0.3, 0.4) is 0 Å². The van der Waals surface area contributed by atoms with E-state index in [4.69, 9.17) is 5.73 Å². The van der Waals surface area contributed by atoms with E-state index < -0.39 is 0 Å². The summed E-state index contributed by atoms with van der Waals surface area (Å²) < 4.78 is 0. The summed E-state index contributed by atoms with van der Waals surface area (Å²) in [5, 5.41) is 2.84. The average molecular weight is 294 g/mol. The number of rotatable bonds is 6. The predicted octanol–water partition coefficient (Wildman–Crippen LogP) is 1.71. The first kappa shape index (κ1) is 19.5. The number of nitrogens with two attached hydrogens (primary N) is 1. The Morgan fingerprint density at radius 1 is 1.44 bits per heavy atom. The molecule has 0 aliphatic rings. The lowest BCUT2D eigenvalue weighted by atomic mass is 10.2. The van der Waals surface area contributed by atoms with Gasteiger partial charge in [0.2, 0.25) is 5.91 Å². The molecule has 0 saturated carbocycles. The molecule has 1 atom stereocenters. The molecule has 1 rings (SSSR count). The van der Waals surface area contributed by atoms with Crippen molar-refractivity contribution in [1.29, 1.82) is 0 Å². The van der Waals surface area contributed by atoms with Crippen LogP contribution in [0, 0.1) is 0 Å². The fourth-order valence-electron chi connectivity index (χ4n) is 1.32. The number of hydrogen-bond acceptors (Lipinski definition) is 3. The van der Waals surface area contributed by atoms with Crippen molar-refractivity contribution in [3.8, 4) is 0 Å². The van der Waals surface area contributed by atoms with Crippen LogP contribution in [0.4, 0.5) is 0 Å². The smallest absolute Gasteiger partial charge is 0.220 e. The number of nitrogens with one attached hydrogen (secondary N) is 1. The summed E-state index contributed by atoms with van der Waals surface area (Å²) in [6, 6.07) is 5.86. The summed E-state index contributed by atoms with van der Waals surface area (Å²) in [5.41, 5.74) is 6.53. The van der Waals surface area contributed by atoms with Crippen molar-refractivity contribution < 1.29 is 4.79 Å². The molecule has 0 bridgehead atoms. The van der Waals surface area contributed by atoms with Crippen molar-refractivity contribution in [1.82, 2.24) is 10.3 Å². The Kier molecular flexibility index (Phi) is 12.2. The third-order valence-corrected chi connectivity index (χ3v) is 2.26. The molecule has 1 aromatic rings. The highest BCUT2D eigenvalue weighted by molar-refractivity contribution is 5.85. The highest BCUT2D eigenvalue weighted by Crippen LogP contribution is 1.98. The van der Waals surface area contributed by atoms with Crippen molar-refractivity contribution in [2.45, 2.75) is 32.2 Å². The Hall–Kier alpha value is -0.840. The van der Waals surface area contributed by atoms with E-state index in [0.717, 1.165) is 12.1 Å². The molecule has 0 spiro atoms. The van der Waals surface area contributed by atoms with Crippen LogP contribution in [0.1, 0.15) is 25.5 Å². The zero-order chi connectivity index (χ0) is 11.8. The molecule has 0 aliphatic carbocycles. The molecule has 0 saturated heterocycles. The van der Waals surface area contributed by atoms with Gasteiger partial charge in [-0.15, -0.1) is 24.8 Å². The molecule has 1 aromatic heterocycles. The maximum Gasteiger partial charge on any atom is 0.220 e. The van der Waals surface area contributed by atoms with Crippen LogP contribution in [-0.2, 0) is 11.2 Å². The SMILES string of the molecule is CC(N)CCNC(=O)CCc1ccccn1.Cl.Cl. The maximum absolute atomic E-state index is 11.4. The van der Waals surface area contributed by atoms with Crippen LogP contribution >= 0.6 is 24.8 Å². The van der Waals surface area contributed by atoms with Gasteiger partial charge in [0.25, 0.3) is 0 Å². The molecule has 0 radical (unpaired) electrons. The lowest BCUT2D eigenvalue weighted by molar-refractivity contribution is -0.121. The minimum atomic E-state index is 0. The second-order valence-corrected chi connectivity index (χ2v) is 3.94. The van der Waals surface area contributed by atoms with E-state index in [2.05, 4.69) is 10.3 Å². The van der Waals surface area contributed by atoms with Crippen LogP contribution < -0.4 is 11.1 Å². The Balaban J connectivity index is 0. The van der Waals surface area contributed by atoms with Gasteiger partial charge in [-0.2, -0.15) is 0 Å². The number of pyridine rings is 1. The van der Waals surface area contributed by atoms with Crippen LogP contribution in [0.25, 0.3) is 0 Å². The van der Waals surface area contributed by atoms with Gasteiger partial charge in [0.1, 0.15) is 0 Å². The number of hydrogen-bond donors (Lipinski definition) is 2. The van der Waals surface area contributed by atoms with Crippen LogP contribution in [0.2, 0.25) is 0 Å². The molecule has 1 unspecified atom stereocenters. The standard InChI is InChI=1S/C12H19N3O.2ClH/c1-10(13)7-9-15-12(16)6-5-11-4-2-3-8-14-11;;/h2-4,8,10H,5-7,9,13H2,1H3,(H,15,16);2*1H. The first-order chi connectivity index (χ1) is 7.68. The van der Waals surface area contributed by atoms with E-state index >= 15 is 0 Å². The van der Waals surface area contributed by atoms with E-state index in [0.29, 0.717) is 19.4 Å². The summed E-state index contributed by atoms with van der Waals surface area (Å²) in [5.74, 6) is 0.0614. The first-order valence-corrected chi connectivity index (χ1v) is 5.60. The summed E-state index contributed by atoms with van der Waals surface area (Å²) in [6.45, 7) is 2.58. The predicted molar refractivity (Wildman–Crippen MR) is 78.3 cm³/mol. The lowest BCUT2D eigenvalue weighted by Crippen LogP contribution is -2.29. The normalized spacial score (nSPS) is 10.8. The molecule has 1 heterocycles. The fourth-order valence-corrected chi connectivity index (χ4v) is 1.32. The van der Waals surface area contributed by atoms with E-state index in [1.54, 1.807) is 6.20 Å². The molecule has 104 valence electrons. The number of aryl methyl sites for hydroxylation is 1. The molecule has 3 N–H and O–H groups in total. The molecule has 0 fully saturated rings. The highest BCUT2D eigenvalue weighted by atomic mass is 35.5. The van der Waals surface area contributed by atoms with Gasteiger partial charge in [0.05, 0.1) is 0 Å². The zero-order valence-electron chi connectivity index (χ0n) is 10.5. The molecular formula is C12H21Cl2N3O. The second-order valence-electron chi connectivity index (χ2n) is 3.94. The van der Waals surface area contributed by atoms with Gasteiger partial charge in [-0.05, 0) is 31.9 Å². The Morgan fingerprint density at radius 2 is 2.17 bits per heavy atom. The van der Waals surface area contributed by atoms with Gasteiger partial charge in [-0.25, -0.2) is 0 Å². The van der Waals surface area contributed by atoms with Crippen molar-refractivity contribution in [3.63, 3.8) is 0 Å². The van der Waals surface area contributed by atoms with E-state index in [-0.39, 0.29) is 36.8 Å². The summed E-state index contributed by atoms with van der Waals surface area (Å²) in [6.07, 6.45) is 3.72. The number of carbonyl (C=O) groups excluding carboxylic acids is 1. The third kappa shape index (κ3) is 9.22. The number of halogens is 2. The number of amides is 1. The highest BCUT2D eigenvalue weighted by Gasteiger charge is 2.02. The number of nitrogens with zero attached hydrogens (tertiary/aromatic N) is 1. The maximum atomic E-state index is 11.4. The molecular weight excluding hydrogens is 273 g/mol. The van der Waals surface area contributed by atoms with Gasteiger partial charge < -0.3 is 11.1 Å². The van der Waals surface area contributed by atoms with Gasteiger partial charge in [0, 0.05) is 30.9 Å². The topological polar surface area (TPSA) is 68.0 Å². The molecule has 18 heavy (non-hydrogen) atoms. The third-order valence-electron chi connectivity index (χ3n) is 2.26.